The highest BCUT2D eigenvalue weighted by atomic mass is 79.9. The van der Waals surface area contributed by atoms with E-state index in [0.29, 0.717) is 22.5 Å². The molecule has 19 heavy (non-hydrogen) atoms. The van der Waals surface area contributed by atoms with E-state index in [2.05, 4.69) is 35.1 Å². The Labute approximate surface area is 120 Å². The summed E-state index contributed by atoms with van der Waals surface area (Å²) in [5, 5.41) is 13.6. The van der Waals surface area contributed by atoms with Crippen LogP contribution < -0.4 is 5.32 Å². The van der Waals surface area contributed by atoms with Gasteiger partial charge in [-0.2, -0.15) is 0 Å². The summed E-state index contributed by atoms with van der Waals surface area (Å²) in [6, 6.07) is 4.37. The average Bonchev–Trinajstić information content (AvgIpc) is 2.39. The monoisotopic (exact) mass is 328 g/mol. The van der Waals surface area contributed by atoms with Crippen molar-refractivity contribution < 1.29 is 9.72 Å². The second-order valence-electron chi connectivity index (χ2n) is 4.32. The summed E-state index contributed by atoms with van der Waals surface area (Å²) in [7, 11) is 0. The van der Waals surface area contributed by atoms with Gasteiger partial charge in [0.1, 0.15) is 0 Å². The second-order valence-corrected chi connectivity index (χ2v) is 5.17. The van der Waals surface area contributed by atoms with Crippen molar-refractivity contribution in [2.24, 2.45) is 5.92 Å². The Morgan fingerprint density at radius 3 is 2.58 bits per heavy atom. The Bertz CT molecular complexity index is 473. The number of benzene rings is 1. The van der Waals surface area contributed by atoms with Crippen molar-refractivity contribution >= 4 is 27.5 Å². The van der Waals surface area contributed by atoms with Crippen LogP contribution in [0.1, 0.15) is 37.0 Å². The minimum Gasteiger partial charge on any atom is -0.352 e. The highest BCUT2D eigenvalue weighted by Gasteiger charge is 2.16. The molecule has 0 saturated carbocycles. The average molecular weight is 329 g/mol. The zero-order chi connectivity index (χ0) is 14.4. The van der Waals surface area contributed by atoms with E-state index in [1.54, 1.807) is 6.07 Å². The van der Waals surface area contributed by atoms with Crippen molar-refractivity contribution in [2.45, 2.75) is 26.7 Å². The Kier molecular flexibility index (Phi) is 5.95. The molecule has 5 nitrogen and oxygen atoms in total. The summed E-state index contributed by atoms with van der Waals surface area (Å²) in [5.41, 5.74) is 0.205. The van der Waals surface area contributed by atoms with Crippen molar-refractivity contribution in [3.8, 4) is 0 Å². The minimum absolute atomic E-state index is 0.102. The highest BCUT2D eigenvalue weighted by Crippen LogP contribution is 2.25. The largest absolute Gasteiger partial charge is 0.352 e. The van der Waals surface area contributed by atoms with Crippen LogP contribution in [0.5, 0.6) is 0 Å². The molecule has 0 aromatic heterocycles. The molecule has 0 fully saturated rings. The number of nitro benzene ring substituents is 1. The van der Waals surface area contributed by atoms with Gasteiger partial charge in [-0.3, -0.25) is 14.9 Å². The molecule has 0 aliphatic carbocycles. The molecule has 0 bridgehead atoms. The molecule has 0 radical (unpaired) electrons. The van der Waals surface area contributed by atoms with Gasteiger partial charge in [-0.05, 0) is 34.0 Å². The Balaban J connectivity index is 2.77. The van der Waals surface area contributed by atoms with Crippen molar-refractivity contribution in [3.63, 3.8) is 0 Å². The van der Waals surface area contributed by atoms with Gasteiger partial charge in [0, 0.05) is 18.2 Å². The van der Waals surface area contributed by atoms with Crippen LogP contribution in [0.2, 0.25) is 0 Å². The summed E-state index contributed by atoms with van der Waals surface area (Å²) >= 11 is 3.09. The van der Waals surface area contributed by atoms with Crippen molar-refractivity contribution in [1.29, 1.82) is 0 Å². The minimum atomic E-state index is -0.512. The van der Waals surface area contributed by atoms with Gasteiger partial charge in [0.25, 0.3) is 11.6 Å². The molecule has 1 N–H and O–H groups in total. The molecule has 0 heterocycles. The number of amides is 1. The number of nitro groups is 1. The summed E-state index contributed by atoms with van der Waals surface area (Å²) in [6.07, 6.45) is 1.99. The lowest BCUT2D eigenvalue weighted by atomic mass is 10.0. The van der Waals surface area contributed by atoms with Crippen molar-refractivity contribution in [3.05, 3.63) is 38.3 Å². The molecular formula is C13H17BrN2O3. The lowest BCUT2D eigenvalue weighted by Gasteiger charge is -2.13. The molecule has 0 saturated heterocycles. The van der Waals surface area contributed by atoms with Gasteiger partial charge < -0.3 is 5.32 Å². The SMILES string of the molecule is CCC(CC)CNC(=O)c1ccc(Br)c([N+](=O)[O-])c1. The van der Waals surface area contributed by atoms with E-state index in [1.165, 1.54) is 12.1 Å². The first kappa shape index (κ1) is 15.6. The third kappa shape index (κ3) is 4.31. The van der Waals surface area contributed by atoms with Crippen LogP contribution in [0, 0.1) is 16.0 Å². The zero-order valence-corrected chi connectivity index (χ0v) is 12.6. The van der Waals surface area contributed by atoms with E-state index < -0.39 is 4.92 Å². The summed E-state index contributed by atoms with van der Waals surface area (Å²) < 4.78 is 0.369. The van der Waals surface area contributed by atoms with Gasteiger partial charge >= 0.3 is 0 Å². The molecule has 0 aliphatic heterocycles. The maximum absolute atomic E-state index is 11.9. The van der Waals surface area contributed by atoms with Gasteiger partial charge in [0.05, 0.1) is 9.40 Å². The van der Waals surface area contributed by atoms with E-state index in [1.807, 2.05) is 0 Å². The molecule has 6 heteroatoms. The first-order valence-electron chi connectivity index (χ1n) is 6.21. The maximum atomic E-state index is 11.9. The summed E-state index contributed by atoms with van der Waals surface area (Å²) in [5.74, 6) is 0.164. The molecule has 1 rings (SSSR count). The molecule has 0 atom stereocenters. The highest BCUT2D eigenvalue weighted by molar-refractivity contribution is 9.10. The lowest BCUT2D eigenvalue weighted by molar-refractivity contribution is -0.385. The van der Waals surface area contributed by atoms with Gasteiger partial charge in [0.15, 0.2) is 0 Å². The second kappa shape index (κ2) is 7.23. The van der Waals surface area contributed by atoms with Crippen LogP contribution in [0.3, 0.4) is 0 Å². The van der Waals surface area contributed by atoms with Gasteiger partial charge in [-0.1, -0.05) is 26.7 Å². The fourth-order valence-electron chi connectivity index (χ4n) is 1.71. The van der Waals surface area contributed by atoms with Gasteiger partial charge in [-0.25, -0.2) is 0 Å². The number of rotatable bonds is 6. The Morgan fingerprint density at radius 2 is 2.05 bits per heavy atom. The number of hydrogen-bond donors (Lipinski definition) is 1. The normalized spacial score (nSPS) is 10.5. The van der Waals surface area contributed by atoms with Crippen LogP contribution in [0.25, 0.3) is 0 Å². The van der Waals surface area contributed by atoms with Crippen molar-refractivity contribution in [1.82, 2.24) is 5.32 Å². The Morgan fingerprint density at radius 1 is 1.42 bits per heavy atom. The number of nitrogens with zero attached hydrogens (tertiary/aromatic N) is 1. The van der Waals surface area contributed by atoms with Crippen molar-refractivity contribution in [2.75, 3.05) is 6.54 Å². The smallest absolute Gasteiger partial charge is 0.284 e. The number of carbonyl (C=O) groups is 1. The first-order chi connectivity index (χ1) is 8.99. The predicted octanol–water partition coefficient (Wildman–Crippen LogP) is 3.52. The van der Waals surface area contributed by atoms with E-state index in [4.69, 9.17) is 0 Å². The van der Waals surface area contributed by atoms with Crippen LogP contribution in [0.4, 0.5) is 5.69 Å². The number of halogens is 1. The first-order valence-corrected chi connectivity index (χ1v) is 7.01. The summed E-state index contributed by atoms with van der Waals surface area (Å²) in [6.45, 7) is 4.74. The number of carbonyl (C=O) groups excluding carboxylic acids is 1. The third-order valence-corrected chi connectivity index (χ3v) is 3.78. The molecule has 1 amide bonds. The fraction of sp³-hybridized carbons (Fsp3) is 0.462. The van der Waals surface area contributed by atoms with Gasteiger partial charge in [0.2, 0.25) is 0 Å². The van der Waals surface area contributed by atoms with E-state index in [9.17, 15) is 14.9 Å². The van der Waals surface area contributed by atoms with E-state index in [-0.39, 0.29) is 11.6 Å². The molecule has 104 valence electrons. The molecule has 0 unspecified atom stereocenters. The van der Waals surface area contributed by atoms with E-state index in [0.717, 1.165) is 12.8 Å². The Hall–Kier alpha value is -1.43. The molecule has 0 aliphatic rings. The standard InChI is InChI=1S/C13H17BrN2O3/c1-3-9(4-2)8-15-13(17)10-5-6-11(14)12(7-10)16(18)19/h5-7,9H,3-4,8H2,1-2H3,(H,15,17). The number of nitrogens with one attached hydrogen (secondary N) is 1. The lowest BCUT2D eigenvalue weighted by Crippen LogP contribution is -2.28. The topological polar surface area (TPSA) is 72.2 Å². The molecular weight excluding hydrogens is 312 g/mol. The van der Waals surface area contributed by atoms with Crippen LogP contribution >= 0.6 is 15.9 Å². The van der Waals surface area contributed by atoms with E-state index >= 15 is 0 Å². The third-order valence-electron chi connectivity index (χ3n) is 3.11. The number of hydrogen-bond acceptors (Lipinski definition) is 3. The zero-order valence-electron chi connectivity index (χ0n) is 11.0. The molecule has 1 aromatic rings. The van der Waals surface area contributed by atoms with Gasteiger partial charge in [-0.15, -0.1) is 0 Å². The fourth-order valence-corrected chi connectivity index (χ4v) is 2.10. The quantitative estimate of drug-likeness (QED) is 0.641. The molecule has 1 aromatic carbocycles. The summed E-state index contributed by atoms with van der Waals surface area (Å²) in [4.78, 5) is 22.2. The van der Waals surface area contributed by atoms with Crippen LogP contribution in [0.15, 0.2) is 22.7 Å². The predicted molar refractivity (Wildman–Crippen MR) is 77.2 cm³/mol. The molecule has 0 spiro atoms. The van der Waals surface area contributed by atoms with Crippen LogP contribution in [-0.2, 0) is 0 Å². The van der Waals surface area contributed by atoms with Crippen LogP contribution in [-0.4, -0.2) is 17.4 Å². The maximum Gasteiger partial charge on any atom is 0.284 e.